The van der Waals surface area contributed by atoms with Gasteiger partial charge in [-0.3, -0.25) is 4.84 Å². The summed E-state index contributed by atoms with van der Waals surface area (Å²) in [5, 5.41) is 4.13. The molecule has 2 amide bonds. The Morgan fingerprint density at radius 3 is 2.37 bits per heavy atom. The number of unbranched alkanes of at least 4 members (excludes halogenated alkanes) is 2. The number of hydrogen-bond donors (Lipinski definition) is 2. The van der Waals surface area contributed by atoms with Gasteiger partial charge in [0.05, 0.1) is 39.0 Å². The molecule has 2 aromatic carbocycles. The van der Waals surface area contributed by atoms with E-state index in [0.717, 1.165) is 40.8 Å². The first kappa shape index (κ1) is 26.3. The van der Waals surface area contributed by atoms with Gasteiger partial charge in [0.25, 0.3) is 0 Å². The van der Waals surface area contributed by atoms with Gasteiger partial charge in [0.1, 0.15) is 0 Å². The predicted molar refractivity (Wildman–Crippen MR) is 138 cm³/mol. The molecular formula is C25H32N4O5S. The first-order valence-electron chi connectivity index (χ1n) is 11.3. The quantitative estimate of drug-likeness (QED) is 0.274. The van der Waals surface area contributed by atoms with E-state index >= 15 is 0 Å². The number of hydroxylamine groups is 1. The second kappa shape index (κ2) is 12.9. The second-order valence-corrected chi connectivity index (χ2v) is 8.39. The van der Waals surface area contributed by atoms with Crippen LogP contribution < -0.4 is 30.3 Å². The minimum Gasteiger partial charge on any atom is -0.493 e. The molecule has 35 heavy (non-hydrogen) atoms. The number of benzene rings is 2. The summed E-state index contributed by atoms with van der Waals surface area (Å²) in [7, 11) is 6.21. The van der Waals surface area contributed by atoms with Crippen molar-refractivity contribution >= 4 is 23.3 Å². The van der Waals surface area contributed by atoms with Crippen molar-refractivity contribution in [2.24, 2.45) is 5.73 Å². The van der Waals surface area contributed by atoms with Gasteiger partial charge in [-0.2, -0.15) is 9.44 Å². The van der Waals surface area contributed by atoms with Crippen LogP contribution in [0.15, 0.2) is 42.6 Å². The third-order valence-electron chi connectivity index (χ3n) is 5.41. The van der Waals surface area contributed by atoms with Crippen LogP contribution in [0.5, 0.6) is 17.2 Å². The molecule has 0 saturated heterocycles. The molecule has 0 atom stereocenters. The molecule has 9 nitrogen and oxygen atoms in total. The van der Waals surface area contributed by atoms with Crippen molar-refractivity contribution in [3.05, 3.63) is 42.6 Å². The lowest BCUT2D eigenvalue weighted by Crippen LogP contribution is -2.39. The number of carbonyl (C=O) groups is 1. The molecule has 0 aliphatic carbocycles. The number of urea groups is 1. The molecule has 3 aromatic rings. The number of nitrogens with two attached hydrogens (primary N) is 1. The van der Waals surface area contributed by atoms with Crippen molar-refractivity contribution in [3.63, 3.8) is 0 Å². The van der Waals surface area contributed by atoms with Crippen LogP contribution in [0.25, 0.3) is 21.6 Å². The number of anilines is 1. The SMILES string of the molecule is COc1cc(-c2sncc2-c2cccc(N(OC)C(=O)NCCCCCN)c2)cc(OC)c1OC. The number of aromatic nitrogens is 1. The molecule has 1 aromatic heterocycles. The van der Waals surface area contributed by atoms with E-state index in [2.05, 4.69) is 9.69 Å². The molecule has 3 rings (SSSR count). The van der Waals surface area contributed by atoms with Crippen molar-refractivity contribution in [2.75, 3.05) is 46.6 Å². The monoisotopic (exact) mass is 500 g/mol. The van der Waals surface area contributed by atoms with Crippen LogP contribution in [0.4, 0.5) is 10.5 Å². The molecule has 0 unspecified atom stereocenters. The maximum Gasteiger partial charge on any atom is 0.346 e. The number of methoxy groups -OCH3 is 3. The fourth-order valence-corrected chi connectivity index (χ4v) is 4.44. The van der Waals surface area contributed by atoms with Crippen molar-refractivity contribution in [2.45, 2.75) is 19.3 Å². The minimum atomic E-state index is -0.328. The molecule has 10 heteroatoms. The standard InChI is InChI=1S/C25H32N4O5S/c1-31-21-14-18(15-22(32-2)23(21)33-3)24-20(16-28-35-24)17-9-8-10-19(13-17)29(34-4)25(30)27-12-7-5-6-11-26/h8-10,13-16H,5-7,11-12,26H2,1-4H3,(H,27,30). The van der Waals surface area contributed by atoms with Gasteiger partial charge in [-0.1, -0.05) is 18.6 Å². The number of nitrogens with one attached hydrogen (secondary N) is 1. The summed E-state index contributed by atoms with van der Waals surface area (Å²) < 4.78 is 20.9. The van der Waals surface area contributed by atoms with Crippen LogP contribution >= 0.6 is 11.5 Å². The minimum absolute atomic E-state index is 0.328. The summed E-state index contributed by atoms with van der Waals surface area (Å²) in [6, 6.07) is 11.0. The Balaban J connectivity index is 1.89. The fourth-order valence-electron chi connectivity index (χ4n) is 3.68. The Morgan fingerprint density at radius 1 is 1.00 bits per heavy atom. The number of amides is 2. The Labute approximate surface area is 209 Å². The zero-order chi connectivity index (χ0) is 25.2. The first-order valence-corrected chi connectivity index (χ1v) is 12.0. The summed E-state index contributed by atoms with van der Waals surface area (Å²) in [5.41, 5.74) is 8.80. The molecule has 188 valence electrons. The Hall–Kier alpha value is -3.34. The van der Waals surface area contributed by atoms with E-state index in [-0.39, 0.29) is 6.03 Å². The average molecular weight is 501 g/mol. The fraction of sp³-hybridized carbons (Fsp3) is 0.360. The topological polar surface area (TPSA) is 108 Å². The van der Waals surface area contributed by atoms with Crippen molar-refractivity contribution in [1.29, 1.82) is 0 Å². The summed E-state index contributed by atoms with van der Waals surface area (Å²) in [6.45, 7) is 1.21. The van der Waals surface area contributed by atoms with E-state index in [4.69, 9.17) is 24.8 Å². The maximum absolute atomic E-state index is 12.7. The van der Waals surface area contributed by atoms with Crippen LogP contribution in [-0.4, -0.2) is 51.9 Å². The molecule has 0 saturated carbocycles. The Morgan fingerprint density at radius 2 is 1.74 bits per heavy atom. The molecule has 0 spiro atoms. The smallest absolute Gasteiger partial charge is 0.346 e. The summed E-state index contributed by atoms with van der Waals surface area (Å²) in [5.74, 6) is 1.64. The van der Waals surface area contributed by atoms with Crippen LogP contribution in [-0.2, 0) is 4.84 Å². The molecular weight excluding hydrogens is 468 g/mol. The van der Waals surface area contributed by atoms with Gasteiger partial charge in [-0.25, -0.2) is 4.79 Å². The van der Waals surface area contributed by atoms with E-state index in [0.29, 0.717) is 36.0 Å². The van der Waals surface area contributed by atoms with Crippen LogP contribution in [0.2, 0.25) is 0 Å². The van der Waals surface area contributed by atoms with Crippen molar-refractivity contribution in [1.82, 2.24) is 9.69 Å². The third kappa shape index (κ3) is 6.21. The van der Waals surface area contributed by atoms with Crippen LogP contribution in [0.3, 0.4) is 0 Å². The second-order valence-electron chi connectivity index (χ2n) is 7.59. The summed E-state index contributed by atoms with van der Waals surface area (Å²) >= 11 is 1.36. The highest BCUT2D eigenvalue weighted by atomic mass is 32.1. The highest BCUT2D eigenvalue weighted by Crippen LogP contribution is 2.44. The molecule has 0 aliphatic heterocycles. The number of ether oxygens (including phenoxy) is 3. The van der Waals surface area contributed by atoms with Gasteiger partial charge in [-0.05, 0) is 60.7 Å². The number of hydrogen-bond acceptors (Lipinski definition) is 8. The summed E-state index contributed by atoms with van der Waals surface area (Å²) in [4.78, 5) is 19.0. The van der Waals surface area contributed by atoms with Gasteiger partial charge in [0.2, 0.25) is 5.75 Å². The normalized spacial score (nSPS) is 10.7. The Kier molecular flexibility index (Phi) is 9.71. The number of carbonyl (C=O) groups excluding carboxylic acids is 1. The lowest BCUT2D eigenvalue weighted by atomic mass is 10.0. The largest absolute Gasteiger partial charge is 0.493 e. The van der Waals surface area contributed by atoms with E-state index in [1.54, 1.807) is 27.5 Å². The molecule has 0 fully saturated rings. The van der Waals surface area contributed by atoms with Crippen LogP contribution in [0.1, 0.15) is 19.3 Å². The van der Waals surface area contributed by atoms with Gasteiger partial charge in [0.15, 0.2) is 11.5 Å². The highest BCUT2D eigenvalue weighted by molar-refractivity contribution is 7.10. The van der Waals surface area contributed by atoms with Crippen molar-refractivity contribution in [3.8, 4) is 38.8 Å². The lowest BCUT2D eigenvalue weighted by Gasteiger charge is -2.21. The maximum atomic E-state index is 12.7. The summed E-state index contributed by atoms with van der Waals surface area (Å²) in [6.07, 6.45) is 4.57. The van der Waals surface area contributed by atoms with Gasteiger partial charge >= 0.3 is 6.03 Å². The molecule has 0 aliphatic rings. The van der Waals surface area contributed by atoms with E-state index in [1.165, 1.54) is 23.7 Å². The Bertz CT molecular complexity index is 1100. The van der Waals surface area contributed by atoms with Crippen LogP contribution in [0, 0.1) is 0 Å². The van der Waals surface area contributed by atoms with E-state index < -0.39 is 0 Å². The first-order chi connectivity index (χ1) is 17.1. The third-order valence-corrected chi connectivity index (χ3v) is 6.26. The van der Waals surface area contributed by atoms with Crippen molar-refractivity contribution < 1.29 is 23.8 Å². The number of rotatable bonds is 12. The van der Waals surface area contributed by atoms with Gasteiger partial charge in [-0.15, -0.1) is 0 Å². The molecule has 0 bridgehead atoms. The van der Waals surface area contributed by atoms with E-state index in [1.807, 2.05) is 36.4 Å². The molecule has 0 radical (unpaired) electrons. The van der Waals surface area contributed by atoms with Gasteiger partial charge in [0, 0.05) is 23.9 Å². The van der Waals surface area contributed by atoms with Gasteiger partial charge < -0.3 is 25.3 Å². The zero-order valence-electron chi connectivity index (χ0n) is 20.5. The molecule has 1 heterocycles. The number of nitrogens with zero attached hydrogens (tertiary/aromatic N) is 2. The molecule has 3 N–H and O–H groups in total. The highest BCUT2D eigenvalue weighted by Gasteiger charge is 2.20. The average Bonchev–Trinajstić information content (AvgIpc) is 3.38. The zero-order valence-corrected chi connectivity index (χ0v) is 21.3. The van der Waals surface area contributed by atoms with E-state index in [9.17, 15) is 4.79 Å². The lowest BCUT2D eigenvalue weighted by molar-refractivity contribution is 0.163. The predicted octanol–water partition coefficient (Wildman–Crippen LogP) is 4.71.